The van der Waals surface area contributed by atoms with Gasteiger partial charge in [-0.25, -0.2) is 9.59 Å². The van der Waals surface area contributed by atoms with Crippen molar-refractivity contribution < 1.29 is 31.9 Å². The molecule has 0 saturated heterocycles. The number of carbonyl (C=O) groups excluding carboxylic acids is 1. The summed E-state index contributed by atoms with van der Waals surface area (Å²) in [5.41, 5.74) is -2.12. The normalized spacial score (nSPS) is 12.8. The number of halogens is 3. The zero-order valence-corrected chi connectivity index (χ0v) is 22.1. The summed E-state index contributed by atoms with van der Waals surface area (Å²) in [5.74, 6) is -0.135. The molecule has 0 spiro atoms. The van der Waals surface area contributed by atoms with Gasteiger partial charge < -0.3 is 13.9 Å². The quantitative estimate of drug-likeness (QED) is 0.109. The Morgan fingerprint density at radius 1 is 1.08 bits per heavy atom. The lowest BCUT2D eigenvalue weighted by Crippen LogP contribution is -2.33. The molecule has 204 valence electrons. The highest BCUT2D eigenvalue weighted by Gasteiger charge is 2.35. The third-order valence-corrected chi connectivity index (χ3v) is 6.12. The van der Waals surface area contributed by atoms with E-state index in [0.717, 1.165) is 31.4 Å². The van der Waals surface area contributed by atoms with Gasteiger partial charge in [-0.15, -0.1) is 0 Å². The van der Waals surface area contributed by atoms with E-state index in [2.05, 4.69) is 6.58 Å². The topological polar surface area (TPSA) is 65.7 Å². The molecule has 0 aliphatic carbocycles. The summed E-state index contributed by atoms with van der Waals surface area (Å²) in [6.07, 6.45) is -0.284. The van der Waals surface area contributed by atoms with Gasteiger partial charge in [0.2, 0.25) is 0 Å². The van der Waals surface area contributed by atoms with Crippen molar-refractivity contribution in [3.05, 3.63) is 76.7 Å². The Labute approximate surface area is 220 Å². The van der Waals surface area contributed by atoms with Crippen LogP contribution in [0.1, 0.15) is 64.5 Å². The zero-order valence-electron chi connectivity index (χ0n) is 22.1. The largest absolute Gasteiger partial charge is 0.490 e. The molecule has 1 atom stereocenters. The number of aryl methyl sites for hydroxylation is 1. The van der Waals surface area contributed by atoms with Crippen molar-refractivity contribution in [3.8, 4) is 16.9 Å². The lowest BCUT2D eigenvalue weighted by atomic mass is 9.95. The molecule has 2 aromatic carbocycles. The lowest BCUT2D eigenvalue weighted by Gasteiger charge is -2.28. The second-order valence-electron chi connectivity index (χ2n) is 10.00. The summed E-state index contributed by atoms with van der Waals surface area (Å²) in [7, 11) is 0. The Morgan fingerprint density at radius 2 is 1.82 bits per heavy atom. The van der Waals surface area contributed by atoms with Crippen molar-refractivity contribution in [1.82, 2.24) is 0 Å². The highest BCUT2D eigenvalue weighted by molar-refractivity contribution is 5.83. The molecule has 0 bridgehead atoms. The highest BCUT2D eigenvalue weighted by atomic mass is 19.4. The molecule has 3 aromatic rings. The first kappa shape index (κ1) is 29.0. The summed E-state index contributed by atoms with van der Waals surface area (Å²) in [5, 5.41) is 0.458. The third-order valence-electron chi connectivity index (χ3n) is 6.12. The van der Waals surface area contributed by atoms with E-state index in [0.29, 0.717) is 29.5 Å². The standard InChI is InChI=1S/C30H33F3O5/c1-6-8-9-10-20-11-14-23(25(15-20)30(31,32)33)24-16-21-12-13-22(17-26(21)37-28(24)35)36-19(3)18-29(4,5)38-27(34)7-2/h7,11-17,19H,2,6,8-10,18H2,1,3-5H3. The van der Waals surface area contributed by atoms with E-state index in [1.807, 2.05) is 6.92 Å². The van der Waals surface area contributed by atoms with E-state index in [-0.39, 0.29) is 22.8 Å². The van der Waals surface area contributed by atoms with Gasteiger partial charge in [0.1, 0.15) is 16.9 Å². The first-order chi connectivity index (χ1) is 17.8. The van der Waals surface area contributed by atoms with Gasteiger partial charge in [0, 0.05) is 29.5 Å². The number of alkyl halides is 3. The molecule has 5 nitrogen and oxygen atoms in total. The van der Waals surface area contributed by atoms with Gasteiger partial charge in [0.25, 0.3) is 0 Å². The summed E-state index contributed by atoms with van der Waals surface area (Å²) in [6.45, 7) is 10.7. The average Bonchev–Trinajstić information content (AvgIpc) is 2.82. The first-order valence-electron chi connectivity index (χ1n) is 12.6. The lowest BCUT2D eigenvalue weighted by molar-refractivity contribution is -0.152. The average molecular weight is 531 g/mol. The Hall–Kier alpha value is -3.55. The van der Waals surface area contributed by atoms with Crippen LogP contribution in [0.3, 0.4) is 0 Å². The molecule has 38 heavy (non-hydrogen) atoms. The molecule has 0 aliphatic heterocycles. The fourth-order valence-corrected chi connectivity index (χ4v) is 4.47. The molecule has 1 unspecified atom stereocenters. The maximum Gasteiger partial charge on any atom is 0.417 e. The smallest absolute Gasteiger partial charge is 0.417 e. The number of hydrogen-bond donors (Lipinski definition) is 0. The van der Waals surface area contributed by atoms with Crippen molar-refractivity contribution in [2.24, 2.45) is 0 Å². The zero-order chi connectivity index (χ0) is 28.1. The Bertz CT molecular complexity index is 1350. The van der Waals surface area contributed by atoms with Crippen LogP contribution in [0, 0.1) is 0 Å². The van der Waals surface area contributed by atoms with E-state index in [1.165, 1.54) is 18.2 Å². The molecule has 8 heteroatoms. The van der Waals surface area contributed by atoms with E-state index < -0.39 is 28.9 Å². The number of benzene rings is 2. The molecule has 0 saturated carbocycles. The molecular formula is C30H33F3O5. The number of hydrogen-bond acceptors (Lipinski definition) is 5. The van der Waals surface area contributed by atoms with Gasteiger partial charge >= 0.3 is 17.8 Å². The van der Waals surface area contributed by atoms with Gasteiger partial charge in [-0.05, 0) is 63.4 Å². The van der Waals surface area contributed by atoms with Gasteiger partial charge in [0.15, 0.2) is 0 Å². The molecule has 1 aromatic heterocycles. The van der Waals surface area contributed by atoms with Crippen LogP contribution < -0.4 is 10.4 Å². The van der Waals surface area contributed by atoms with Crippen LogP contribution in [0.15, 0.2) is 64.3 Å². The fraction of sp³-hybridized carbons (Fsp3) is 0.400. The van der Waals surface area contributed by atoms with Crippen LogP contribution in [0.2, 0.25) is 0 Å². The van der Waals surface area contributed by atoms with Crippen LogP contribution in [-0.2, 0) is 22.1 Å². The van der Waals surface area contributed by atoms with Gasteiger partial charge in [-0.3, -0.25) is 0 Å². The molecule has 0 fully saturated rings. The first-order valence-corrected chi connectivity index (χ1v) is 12.6. The maximum absolute atomic E-state index is 13.9. The Morgan fingerprint density at radius 3 is 2.47 bits per heavy atom. The van der Waals surface area contributed by atoms with E-state index in [4.69, 9.17) is 13.9 Å². The van der Waals surface area contributed by atoms with Crippen molar-refractivity contribution in [3.63, 3.8) is 0 Å². The van der Waals surface area contributed by atoms with Crippen LogP contribution >= 0.6 is 0 Å². The number of unbranched alkanes of at least 4 members (excludes halogenated alkanes) is 2. The Balaban J connectivity index is 1.89. The van der Waals surface area contributed by atoms with Crippen LogP contribution in [0.25, 0.3) is 22.1 Å². The van der Waals surface area contributed by atoms with E-state index in [1.54, 1.807) is 39.0 Å². The van der Waals surface area contributed by atoms with Crippen molar-refractivity contribution >= 4 is 16.9 Å². The second kappa shape index (κ2) is 11.9. The monoisotopic (exact) mass is 530 g/mol. The van der Waals surface area contributed by atoms with Crippen LogP contribution in [-0.4, -0.2) is 17.7 Å². The number of ether oxygens (including phenoxy) is 2. The van der Waals surface area contributed by atoms with Gasteiger partial charge in [0.05, 0.1) is 17.2 Å². The molecule has 0 aliphatic rings. The SMILES string of the molecule is C=CC(=O)OC(C)(C)CC(C)Oc1ccc2cc(-c3ccc(CCCCC)cc3C(F)(F)F)c(=O)oc2c1. The number of carbonyl (C=O) groups is 1. The molecule has 0 amide bonds. The van der Waals surface area contributed by atoms with Crippen molar-refractivity contribution in [2.75, 3.05) is 0 Å². The van der Waals surface area contributed by atoms with Crippen molar-refractivity contribution in [2.45, 2.75) is 77.7 Å². The van der Waals surface area contributed by atoms with Crippen LogP contribution in [0.5, 0.6) is 5.75 Å². The molecule has 3 rings (SSSR count). The Kier molecular flexibility index (Phi) is 9.07. The van der Waals surface area contributed by atoms with Crippen LogP contribution in [0.4, 0.5) is 13.2 Å². The summed E-state index contributed by atoms with van der Waals surface area (Å²) in [4.78, 5) is 24.4. The fourth-order valence-electron chi connectivity index (χ4n) is 4.47. The van der Waals surface area contributed by atoms with Gasteiger partial charge in [-0.1, -0.05) is 38.5 Å². The predicted octanol–water partition coefficient (Wildman–Crippen LogP) is 7.88. The highest BCUT2D eigenvalue weighted by Crippen LogP contribution is 2.38. The summed E-state index contributed by atoms with van der Waals surface area (Å²) < 4.78 is 58.5. The third kappa shape index (κ3) is 7.49. The minimum Gasteiger partial charge on any atom is -0.490 e. The van der Waals surface area contributed by atoms with E-state index in [9.17, 15) is 22.8 Å². The molecular weight excluding hydrogens is 497 g/mol. The summed E-state index contributed by atoms with van der Waals surface area (Å²) >= 11 is 0. The molecule has 0 N–H and O–H groups in total. The minimum absolute atomic E-state index is 0.155. The minimum atomic E-state index is -4.63. The number of esters is 1. The van der Waals surface area contributed by atoms with Gasteiger partial charge in [-0.2, -0.15) is 13.2 Å². The number of rotatable bonds is 11. The predicted molar refractivity (Wildman–Crippen MR) is 141 cm³/mol. The molecule has 1 heterocycles. The summed E-state index contributed by atoms with van der Waals surface area (Å²) in [6, 6.07) is 10.3. The maximum atomic E-state index is 13.9. The van der Waals surface area contributed by atoms with Crippen molar-refractivity contribution in [1.29, 1.82) is 0 Å². The second-order valence-corrected chi connectivity index (χ2v) is 10.00. The van der Waals surface area contributed by atoms with E-state index >= 15 is 0 Å². The number of fused-ring (bicyclic) bond motifs is 1. The molecule has 0 radical (unpaired) electrons.